The first-order valence-corrected chi connectivity index (χ1v) is 9.39. The maximum Gasteiger partial charge on any atom is 0.0702 e. The molecule has 5 nitrogen and oxygen atoms in total. The van der Waals surface area contributed by atoms with E-state index in [9.17, 15) is 0 Å². The van der Waals surface area contributed by atoms with E-state index in [1.165, 1.54) is 16.6 Å². The van der Waals surface area contributed by atoms with Crippen molar-refractivity contribution in [3.05, 3.63) is 60.0 Å². The molecule has 3 aromatic rings. The molecular weight excluding hydrogens is 322 g/mol. The van der Waals surface area contributed by atoms with Crippen molar-refractivity contribution in [1.29, 1.82) is 0 Å². The summed E-state index contributed by atoms with van der Waals surface area (Å²) >= 11 is 0. The number of pyridine rings is 1. The monoisotopic (exact) mass is 349 g/mol. The van der Waals surface area contributed by atoms with Gasteiger partial charge in [-0.25, -0.2) is 0 Å². The zero-order valence-corrected chi connectivity index (χ0v) is 15.7. The molecule has 0 saturated carbocycles. The summed E-state index contributed by atoms with van der Waals surface area (Å²) < 4.78 is 1.98. The first kappa shape index (κ1) is 17.2. The minimum absolute atomic E-state index is 0.610. The molecule has 1 fully saturated rings. The molecule has 4 rings (SSSR count). The maximum atomic E-state index is 4.64. The van der Waals surface area contributed by atoms with Crippen molar-refractivity contribution in [2.24, 2.45) is 13.0 Å². The van der Waals surface area contributed by atoms with Crippen LogP contribution in [0.1, 0.15) is 11.3 Å². The molecule has 1 unspecified atom stereocenters. The molecule has 1 aliphatic rings. The van der Waals surface area contributed by atoms with E-state index in [1.807, 2.05) is 24.0 Å². The lowest BCUT2D eigenvalue weighted by molar-refractivity contribution is 0.243. The minimum Gasteiger partial charge on any atom is -0.305 e. The Morgan fingerprint density at radius 1 is 1.08 bits per heavy atom. The third-order valence-corrected chi connectivity index (χ3v) is 5.36. The molecule has 0 aliphatic carbocycles. The lowest BCUT2D eigenvalue weighted by atomic mass is 9.98. The van der Waals surface area contributed by atoms with E-state index < -0.39 is 0 Å². The van der Waals surface area contributed by atoms with Gasteiger partial charge in [-0.1, -0.05) is 18.2 Å². The zero-order chi connectivity index (χ0) is 17.9. The molecule has 1 aromatic carbocycles. The molecule has 3 heterocycles. The zero-order valence-electron chi connectivity index (χ0n) is 15.7. The van der Waals surface area contributed by atoms with Gasteiger partial charge in [0.2, 0.25) is 0 Å². The van der Waals surface area contributed by atoms with Gasteiger partial charge in [-0.3, -0.25) is 14.6 Å². The highest BCUT2D eigenvalue weighted by Gasteiger charge is 2.22. The number of fused-ring (bicyclic) bond motifs is 1. The van der Waals surface area contributed by atoms with Gasteiger partial charge < -0.3 is 4.90 Å². The van der Waals surface area contributed by atoms with Crippen molar-refractivity contribution in [1.82, 2.24) is 24.6 Å². The molecule has 1 aliphatic heterocycles. The van der Waals surface area contributed by atoms with E-state index >= 15 is 0 Å². The van der Waals surface area contributed by atoms with Crippen molar-refractivity contribution >= 4 is 10.9 Å². The van der Waals surface area contributed by atoms with Gasteiger partial charge in [-0.05, 0) is 43.1 Å². The smallest absolute Gasteiger partial charge is 0.0702 e. The van der Waals surface area contributed by atoms with Crippen LogP contribution in [0.3, 0.4) is 0 Å². The molecule has 26 heavy (non-hydrogen) atoms. The van der Waals surface area contributed by atoms with Gasteiger partial charge in [-0.15, -0.1) is 0 Å². The molecular formula is C21H27N5. The highest BCUT2D eigenvalue weighted by Crippen LogP contribution is 2.19. The summed E-state index contributed by atoms with van der Waals surface area (Å²) in [6.45, 7) is 5.44. The SMILES string of the molecule is CN1CCN(Cc2ccnn2C)CC(Cc2cnc3ccccc3c2)C1. The number of hydrogen-bond donors (Lipinski definition) is 0. The fourth-order valence-corrected chi connectivity index (χ4v) is 3.98. The molecule has 0 N–H and O–H groups in total. The predicted octanol–water partition coefficient (Wildman–Crippen LogP) is 2.57. The number of hydrogen-bond acceptors (Lipinski definition) is 4. The molecule has 0 spiro atoms. The Kier molecular flexibility index (Phi) is 5.00. The first-order chi connectivity index (χ1) is 12.7. The largest absolute Gasteiger partial charge is 0.305 e. The topological polar surface area (TPSA) is 37.2 Å². The molecule has 5 heteroatoms. The normalized spacial score (nSPS) is 19.7. The summed E-state index contributed by atoms with van der Waals surface area (Å²) in [5.41, 5.74) is 3.69. The van der Waals surface area contributed by atoms with E-state index in [2.05, 4.69) is 63.5 Å². The van der Waals surface area contributed by atoms with Crippen LogP contribution in [0.2, 0.25) is 0 Å². The highest BCUT2D eigenvalue weighted by atomic mass is 15.3. The van der Waals surface area contributed by atoms with Gasteiger partial charge in [0.25, 0.3) is 0 Å². The summed E-state index contributed by atoms with van der Waals surface area (Å²) in [5, 5.41) is 5.54. The fraction of sp³-hybridized carbons (Fsp3) is 0.429. The van der Waals surface area contributed by atoms with Crippen molar-refractivity contribution in [3.63, 3.8) is 0 Å². The van der Waals surface area contributed by atoms with Crippen molar-refractivity contribution < 1.29 is 0 Å². The number of aryl methyl sites for hydroxylation is 1. The number of aromatic nitrogens is 3. The summed E-state index contributed by atoms with van der Waals surface area (Å²) in [7, 11) is 4.26. The van der Waals surface area contributed by atoms with Crippen LogP contribution in [-0.2, 0) is 20.0 Å². The summed E-state index contributed by atoms with van der Waals surface area (Å²) in [6.07, 6.45) is 5.01. The van der Waals surface area contributed by atoms with Gasteiger partial charge in [0.05, 0.1) is 11.2 Å². The Bertz CT molecular complexity index is 871. The van der Waals surface area contributed by atoms with Gasteiger partial charge in [0.1, 0.15) is 0 Å². The Morgan fingerprint density at radius 3 is 2.81 bits per heavy atom. The second-order valence-electron chi connectivity index (χ2n) is 7.55. The minimum atomic E-state index is 0.610. The van der Waals surface area contributed by atoms with Crippen LogP contribution in [0, 0.1) is 5.92 Å². The van der Waals surface area contributed by atoms with Crippen molar-refractivity contribution in [2.45, 2.75) is 13.0 Å². The van der Waals surface area contributed by atoms with Crippen LogP contribution < -0.4 is 0 Å². The van der Waals surface area contributed by atoms with E-state index in [0.29, 0.717) is 5.92 Å². The number of rotatable bonds is 4. The second-order valence-corrected chi connectivity index (χ2v) is 7.55. The van der Waals surface area contributed by atoms with Crippen LogP contribution >= 0.6 is 0 Å². The van der Waals surface area contributed by atoms with E-state index in [0.717, 1.165) is 44.7 Å². The van der Waals surface area contributed by atoms with Crippen molar-refractivity contribution in [2.75, 3.05) is 33.2 Å². The molecule has 0 radical (unpaired) electrons. The van der Waals surface area contributed by atoms with E-state index in [-0.39, 0.29) is 0 Å². The lowest BCUT2D eigenvalue weighted by Gasteiger charge is -2.24. The number of nitrogens with zero attached hydrogens (tertiary/aromatic N) is 5. The number of likely N-dealkylation sites (N-methyl/N-ethyl adjacent to an activating group) is 1. The molecule has 1 saturated heterocycles. The average molecular weight is 349 g/mol. The first-order valence-electron chi connectivity index (χ1n) is 9.39. The van der Waals surface area contributed by atoms with Gasteiger partial charge >= 0.3 is 0 Å². The predicted molar refractivity (Wildman–Crippen MR) is 105 cm³/mol. The standard InChI is InChI=1S/C21H27N5/c1-24-9-10-26(16-20-7-8-23-25(20)2)15-18(14-24)11-17-12-19-5-3-4-6-21(19)22-13-17/h3-8,12-13,18H,9-11,14-16H2,1-2H3. The molecule has 136 valence electrons. The second kappa shape index (κ2) is 7.56. The van der Waals surface area contributed by atoms with E-state index in [4.69, 9.17) is 0 Å². The van der Waals surface area contributed by atoms with Crippen LogP contribution in [0.5, 0.6) is 0 Å². The van der Waals surface area contributed by atoms with E-state index in [1.54, 1.807) is 0 Å². The molecule has 1 atom stereocenters. The quantitative estimate of drug-likeness (QED) is 0.725. The molecule has 0 bridgehead atoms. The Morgan fingerprint density at radius 2 is 1.96 bits per heavy atom. The number of para-hydroxylation sites is 1. The summed E-state index contributed by atoms with van der Waals surface area (Å²) in [4.78, 5) is 9.67. The fourth-order valence-electron chi connectivity index (χ4n) is 3.98. The lowest BCUT2D eigenvalue weighted by Crippen LogP contribution is -2.31. The van der Waals surface area contributed by atoms with Gasteiger partial charge in [0, 0.05) is 57.6 Å². The van der Waals surface area contributed by atoms with Crippen LogP contribution in [0.15, 0.2) is 48.8 Å². The molecule has 0 amide bonds. The Labute approximate surface area is 155 Å². The number of benzene rings is 1. The van der Waals surface area contributed by atoms with Crippen LogP contribution in [-0.4, -0.2) is 57.8 Å². The maximum absolute atomic E-state index is 4.64. The summed E-state index contributed by atoms with van der Waals surface area (Å²) in [6, 6.07) is 12.8. The third-order valence-electron chi connectivity index (χ3n) is 5.36. The highest BCUT2D eigenvalue weighted by molar-refractivity contribution is 5.78. The Hall–Kier alpha value is -2.24. The Balaban J connectivity index is 1.48. The van der Waals surface area contributed by atoms with Gasteiger partial charge in [0.15, 0.2) is 0 Å². The van der Waals surface area contributed by atoms with Crippen molar-refractivity contribution in [3.8, 4) is 0 Å². The average Bonchev–Trinajstić information content (AvgIpc) is 2.95. The van der Waals surface area contributed by atoms with Crippen LogP contribution in [0.25, 0.3) is 10.9 Å². The third kappa shape index (κ3) is 3.94. The summed E-state index contributed by atoms with van der Waals surface area (Å²) in [5.74, 6) is 0.610. The van der Waals surface area contributed by atoms with Crippen LogP contribution in [0.4, 0.5) is 0 Å². The van der Waals surface area contributed by atoms with Gasteiger partial charge in [-0.2, -0.15) is 5.10 Å². The molecule has 2 aromatic heterocycles.